The third-order valence-corrected chi connectivity index (χ3v) is 6.89. The van der Waals surface area contributed by atoms with Crippen molar-refractivity contribution in [2.24, 2.45) is 0 Å². The minimum Gasteiger partial charge on any atom is -0.385 e. The summed E-state index contributed by atoms with van der Waals surface area (Å²) in [7, 11) is 3.58. The fourth-order valence-electron chi connectivity index (χ4n) is 4.86. The first-order valence-electron chi connectivity index (χ1n) is 11.4. The highest BCUT2D eigenvalue weighted by Gasteiger charge is 2.38. The van der Waals surface area contributed by atoms with Gasteiger partial charge in [-0.25, -0.2) is 4.68 Å². The van der Waals surface area contributed by atoms with Gasteiger partial charge in [-0.3, -0.25) is 0 Å². The van der Waals surface area contributed by atoms with Gasteiger partial charge in [-0.15, -0.1) is 5.10 Å². The molecule has 2 saturated carbocycles. The molecule has 0 bridgehead atoms. The second-order valence-corrected chi connectivity index (χ2v) is 8.68. The second kappa shape index (κ2) is 9.98. The van der Waals surface area contributed by atoms with E-state index in [1.165, 1.54) is 30.4 Å². The van der Waals surface area contributed by atoms with Crippen molar-refractivity contribution in [2.45, 2.75) is 75.5 Å². The SMILES string of the molecule is COCCCCNC(c1ccc(C2(OC)CCC2)cc1)c1nnnn1C1CCCC1. The molecule has 164 valence electrons. The van der Waals surface area contributed by atoms with E-state index in [4.69, 9.17) is 9.47 Å². The van der Waals surface area contributed by atoms with Gasteiger partial charge in [0, 0.05) is 20.8 Å². The maximum Gasteiger partial charge on any atom is 0.173 e. The number of nitrogens with one attached hydrogen (secondary N) is 1. The molecule has 7 heteroatoms. The molecule has 0 aliphatic heterocycles. The summed E-state index contributed by atoms with van der Waals surface area (Å²) in [5, 5.41) is 16.6. The zero-order valence-electron chi connectivity index (χ0n) is 18.3. The molecule has 7 nitrogen and oxygen atoms in total. The van der Waals surface area contributed by atoms with E-state index in [0.717, 1.165) is 57.5 Å². The van der Waals surface area contributed by atoms with Gasteiger partial charge in [-0.05, 0) is 73.0 Å². The first-order chi connectivity index (χ1) is 14.8. The van der Waals surface area contributed by atoms with Crippen molar-refractivity contribution in [1.82, 2.24) is 25.5 Å². The average Bonchev–Trinajstić information content (AvgIpc) is 3.43. The molecule has 30 heavy (non-hydrogen) atoms. The molecule has 1 atom stereocenters. The van der Waals surface area contributed by atoms with Gasteiger partial charge in [0.15, 0.2) is 5.82 Å². The Labute approximate surface area is 179 Å². The third-order valence-electron chi connectivity index (χ3n) is 6.89. The quantitative estimate of drug-likeness (QED) is 0.563. The predicted octanol–water partition coefficient (Wildman–Crippen LogP) is 3.92. The molecule has 1 aromatic carbocycles. The maximum absolute atomic E-state index is 5.86. The van der Waals surface area contributed by atoms with E-state index in [9.17, 15) is 0 Å². The number of rotatable bonds is 11. The lowest BCUT2D eigenvalue weighted by Crippen LogP contribution is -2.36. The topological polar surface area (TPSA) is 74.1 Å². The summed E-state index contributed by atoms with van der Waals surface area (Å²) >= 11 is 0. The number of methoxy groups -OCH3 is 2. The molecule has 2 aromatic rings. The highest BCUT2D eigenvalue weighted by molar-refractivity contribution is 5.33. The monoisotopic (exact) mass is 413 g/mol. The Balaban J connectivity index is 1.55. The zero-order valence-corrected chi connectivity index (χ0v) is 18.3. The molecular weight excluding hydrogens is 378 g/mol. The number of hydrogen-bond donors (Lipinski definition) is 1. The van der Waals surface area contributed by atoms with Crippen molar-refractivity contribution in [3.05, 3.63) is 41.2 Å². The van der Waals surface area contributed by atoms with E-state index in [1.807, 2.05) is 7.11 Å². The van der Waals surface area contributed by atoms with Crippen LogP contribution in [0.1, 0.15) is 86.8 Å². The Hall–Kier alpha value is -1.83. The molecule has 1 heterocycles. The summed E-state index contributed by atoms with van der Waals surface area (Å²) in [4.78, 5) is 0. The van der Waals surface area contributed by atoms with Gasteiger partial charge in [0.25, 0.3) is 0 Å². The Morgan fingerprint density at radius 1 is 1.10 bits per heavy atom. The molecule has 2 aliphatic carbocycles. The molecule has 0 saturated heterocycles. The van der Waals surface area contributed by atoms with Crippen LogP contribution in [0.25, 0.3) is 0 Å². The Kier molecular flexibility index (Phi) is 7.12. The summed E-state index contributed by atoms with van der Waals surface area (Å²) in [5.74, 6) is 0.923. The van der Waals surface area contributed by atoms with E-state index in [-0.39, 0.29) is 11.6 Å². The summed E-state index contributed by atoms with van der Waals surface area (Å²) < 4.78 is 13.1. The second-order valence-electron chi connectivity index (χ2n) is 8.68. The van der Waals surface area contributed by atoms with Crippen LogP contribution in [0.3, 0.4) is 0 Å². The van der Waals surface area contributed by atoms with Crippen molar-refractivity contribution in [1.29, 1.82) is 0 Å². The normalized spacial score (nSPS) is 19.7. The molecule has 4 rings (SSSR count). The Morgan fingerprint density at radius 2 is 1.87 bits per heavy atom. The first kappa shape index (κ1) is 21.4. The third kappa shape index (κ3) is 4.43. The summed E-state index contributed by atoms with van der Waals surface area (Å²) in [6.07, 6.45) is 10.4. The molecular formula is C23H35N5O2. The average molecular weight is 414 g/mol. The van der Waals surface area contributed by atoms with Crippen molar-refractivity contribution in [3.8, 4) is 0 Å². The van der Waals surface area contributed by atoms with E-state index in [2.05, 4.69) is 49.8 Å². The van der Waals surface area contributed by atoms with Crippen LogP contribution >= 0.6 is 0 Å². The van der Waals surface area contributed by atoms with Crippen LogP contribution in [0.4, 0.5) is 0 Å². The largest absolute Gasteiger partial charge is 0.385 e. The number of aromatic nitrogens is 4. The van der Waals surface area contributed by atoms with Gasteiger partial charge in [0.2, 0.25) is 0 Å². The van der Waals surface area contributed by atoms with Crippen molar-refractivity contribution >= 4 is 0 Å². The van der Waals surface area contributed by atoms with Gasteiger partial charge in [-0.1, -0.05) is 37.1 Å². The number of hydrogen-bond acceptors (Lipinski definition) is 6. The van der Waals surface area contributed by atoms with Crippen molar-refractivity contribution < 1.29 is 9.47 Å². The number of benzene rings is 1. The molecule has 2 fully saturated rings. The maximum atomic E-state index is 5.86. The number of nitrogens with zero attached hydrogens (tertiary/aromatic N) is 4. The minimum absolute atomic E-state index is 0.0166. The Bertz CT molecular complexity index is 776. The molecule has 1 unspecified atom stereocenters. The van der Waals surface area contributed by atoms with Crippen LogP contribution in [0.2, 0.25) is 0 Å². The lowest BCUT2D eigenvalue weighted by atomic mass is 9.74. The zero-order chi connectivity index (χ0) is 20.8. The lowest BCUT2D eigenvalue weighted by Gasteiger charge is -2.41. The van der Waals surface area contributed by atoms with Crippen LogP contribution in [0, 0.1) is 0 Å². The molecule has 1 aromatic heterocycles. The molecule has 0 spiro atoms. The Morgan fingerprint density at radius 3 is 2.50 bits per heavy atom. The van der Waals surface area contributed by atoms with E-state index >= 15 is 0 Å². The van der Waals surface area contributed by atoms with Crippen LogP contribution in [0.15, 0.2) is 24.3 Å². The lowest BCUT2D eigenvalue weighted by molar-refractivity contribution is -0.0778. The van der Waals surface area contributed by atoms with Crippen LogP contribution in [-0.2, 0) is 15.1 Å². The van der Waals surface area contributed by atoms with Gasteiger partial charge in [0.05, 0.1) is 17.7 Å². The standard InChI is InChI=1S/C23H35N5O2/c1-29-17-6-5-16-24-21(22-25-26-27-28(22)20-8-3-4-9-20)18-10-12-19(13-11-18)23(30-2)14-7-15-23/h10-13,20-21,24H,3-9,14-17H2,1-2H3. The van der Waals surface area contributed by atoms with E-state index in [0.29, 0.717) is 6.04 Å². The van der Waals surface area contributed by atoms with Gasteiger partial charge in [-0.2, -0.15) is 0 Å². The highest BCUT2D eigenvalue weighted by Crippen LogP contribution is 2.44. The summed E-state index contributed by atoms with van der Waals surface area (Å²) in [5.41, 5.74) is 2.38. The van der Waals surface area contributed by atoms with Gasteiger partial charge >= 0.3 is 0 Å². The smallest absolute Gasteiger partial charge is 0.173 e. The summed E-state index contributed by atoms with van der Waals surface area (Å²) in [6, 6.07) is 9.28. The highest BCUT2D eigenvalue weighted by atomic mass is 16.5. The minimum atomic E-state index is -0.0902. The number of ether oxygens (including phenoxy) is 2. The van der Waals surface area contributed by atoms with Crippen LogP contribution < -0.4 is 5.32 Å². The van der Waals surface area contributed by atoms with Crippen molar-refractivity contribution in [2.75, 3.05) is 27.4 Å². The van der Waals surface area contributed by atoms with E-state index in [1.54, 1.807) is 7.11 Å². The number of unbranched alkanes of at least 4 members (excludes halogenated alkanes) is 1. The van der Waals surface area contributed by atoms with Gasteiger partial charge in [0.1, 0.15) is 0 Å². The summed E-state index contributed by atoms with van der Waals surface area (Å²) in [6.45, 7) is 1.69. The molecule has 2 aliphatic rings. The molecule has 0 amide bonds. The van der Waals surface area contributed by atoms with Crippen molar-refractivity contribution in [3.63, 3.8) is 0 Å². The first-order valence-corrected chi connectivity index (χ1v) is 11.4. The predicted molar refractivity (Wildman–Crippen MR) is 115 cm³/mol. The molecule has 0 radical (unpaired) electrons. The number of tetrazole rings is 1. The fourth-order valence-corrected chi connectivity index (χ4v) is 4.86. The van der Waals surface area contributed by atoms with Gasteiger partial charge < -0.3 is 14.8 Å². The van der Waals surface area contributed by atoms with Crippen LogP contribution in [-0.4, -0.2) is 47.6 Å². The molecule has 1 N–H and O–H groups in total. The van der Waals surface area contributed by atoms with Crippen LogP contribution in [0.5, 0.6) is 0 Å². The fraction of sp³-hybridized carbons (Fsp3) is 0.696. The van der Waals surface area contributed by atoms with E-state index < -0.39 is 0 Å².